The second kappa shape index (κ2) is 9.07. The van der Waals surface area contributed by atoms with Gasteiger partial charge in [-0.1, -0.05) is 36.4 Å². The number of carbonyl (C=O) groups excluding carboxylic acids is 1. The van der Waals surface area contributed by atoms with Crippen molar-refractivity contribution in [3.8, 4) is 0 Å². The number of nitrogens with one attached hydrogen (secondary N) is 2. The smallest absolute Gasteiger partial charge is 0.294 e. The number of H-pyrrole nitrogens is 1. The fourth-order valence-corrected chi connectivity index (χ4v) is 3.91. The Balaban J connectivity index is 0.00000210. The van der Waals surface area contributed by atoms with Gasteiger partial charge in [0.05, 0.1) is 0 Å². The van der Waals surface area contributed by atoms with Crippen molar-refractivity contribution in [2.75, 3.05) is 6.54 Å². The standard InChI is InChI=1S/C22H24N2O2.ClH/c25-15-26-22(13-16-8-9-17-4-3-5-18(17)12-16)23-11-10-19-14-24-21-7-2-1-6-20(19)21;/h1-2,6-9,12,14-15,22-24H,3-5,10-11,13H2;1H. The summed E-state index contributed by atoms with van der Waals surface area (Å²) in [7, 11) is 0. The SMILES string of the molecule is Cl.O=COC(Cc1ccc2c(c1)CCC2)NCCc1c[nH]c2ccccc12. The molecule has 0 spiro atoms. The van der Waals surface area contributed by atoms with Gasteiger partial charge in [0.2, 0.25) is 0 Å². The molecule has 0 fully saturated rings. The van der Waals surface area contributed by atoms with Gasteiger partial charge in [-0.15, -0.1) is 12.4 Å². The van der Waals surface area contributed by atoms with Gasteiger partial charge >= 0.3 is 0 Å². The predicted molar refractivity (Wildman–Crippen MR) is 110 cm³/mol. The van der Waals surface area contributed by atoms with Gasteiger partial charge in [-0.3, -0.25) is 10.1 Å². The van der Waals surface area contributed by atoms with Crippen LogP contribution in [0, 0.1) is 0 Å². The van der Waals surface area contributed by atoms with Crippen molar-refractivity contribution < 1.29 is 9.53 Å². The Hall–Kier alpha value is -2.30. The molecule has 5 heteroatoms. The van der Waals surface area contributed by atoms with E-state index in [1.54, 1.807) is 0 Å². The molecule has 0 aliphatic heterocycles. The first kappa shape index (κ1) is 19.5. The molecule has 3 aromatic rings. The number of halogens is 1. The molecular formula is C22H25ClN2O2. The van der Waals surface area contributed by atoms with Crippen molar-refractivity contribution in [3.05, 3.63) is 70.9 Å². The zero-order chi connectivity index (χ0) is 17.8. The fraction of sp³-hybridized carbons (Fsp3) is 0.318. The van der Waals surface area contributed by atoms with Crippen molar-refractivity contribution >= 4 is 29.8 Å². The molecule has 1 atom stereocenters. The average molecular weight is 385 g/mol. The number of fused-ring (bicyclic) bond motifs is 2. The molecule has 0 amide bonds. The summed E-state index contributed by atoms with van der Waals surface area (Å²) in [4.78, 5) is 14.2. The summed E-state index contributed by atoms with van der Waals surface area (Å²) in [6.45, 7) is 1.29. The highest BCUT2D eigenvalue weighted by molar-refractivity contribution is 5.85. The summed E-state index contributed by atoms with van der Waals surface area (Å²) >= 11 is 0. The summed E-state index contributed by atoms with van der Waals surface area (Å²) in [6.07, 6.45) is 6.94. The minimum absolute atomic E-state index is 0. The number of aromatic nitrogens is 1. The molecule has 1 unspecified atom stereocenters. The molecule has 1 aliphatic rings. The molecule has 27 heavy (non-hydrogen) atoms. The average Bonchev–Trinajstić information content (AvgIpc) is 3.28. The van der Waals surface area contributed by atoms with Crippen molar-refractivity contribution in [3.63, 3.8) is 0 Å². The lowest BCUT2D eigenvalue weighted by Crippen LogP contribution is -2.35. The Kier molecular flexibility index (Phi) is 6.54. The Morgan fingerprint density at radius 1 is 1.15 bits per heavy atom. The second-order valence-corrected chi connectivity index (χ2v) is 6.95. The van der Waals surface area contributed by atoms with Crippen LogP contribution in [-0.2, 0) is 35.2 Å². The molecule has 4 nitrogen and oxygen atoms in total. The maximum absolute atomic E-state index is 10.9. The third kappa shape index (κ3) is 4.52. The zero-order valence-electron chi connectivity index (χ0n) is 15.2. The number of carbonyl (C=O) groups is 1. The van der Waals surface area contributed by atoms with Crippen LogP contribution >= 0.6 is 12.4 Å². The summed E-state index contributed by atoms with van der Waals surface area (Å²) in [5, 5.41) is 4.62. The van der Waals surface area contributed by atoms with Gasteiger partial charge in [-0.05, 0) is 54.0 Å². The highest BCUT2D eigenvalue weighted by Crippen LogP contribution is 2.23. The second-order valence-electron chi connectivity index (χ2n) is 6.95. The van der Waals surface area contributed by atoms with E-state index in [2.05, 4.69) is 52.9 Å². The summed E-state index contributed by atoms with van der Waals surface area (Å²) < 4.78 is 5.27. The number of benzene rings is 2. The first-order valence-electron chi connectivity index (χ1n) is 9.31. The number of para-hydroxylation sites is 1. The molecular weight excluding hydrogens is 360 g/mol. The number of aromatic amines is 1. The molecule has 1 heterocycles. The third-order valence-electron chi connectivity index (χ3n) is 5.25. The lowest BCUT2D eigenvalue weighted by Gasteiger charge is -2.17. The van der Waals surface area contributed by atoms with Crippen LogP contribution in [0.2, 0.25) is 0 Å². The van der Waals surface area contributed by atoms with Gasteiger partial charge < -0.3 is 9.72 Å². The summed E-state index contributed by atoms with van der Waals surface area (Å²) in [6, 6.07) is 15.0. The van der Waals surface area contributed by atoms with Gasteiger partial charge in [-0.2, -0.15) is 0 Å². The molecule has 142 valence electrons. The highest BCUT2D eigenvalue weighted by Gasteiger charge is 2.14. The zero-order valence-corrected chi connectivity index (χ0v) is 16.1. The van der Waals surface area contributed by atoms with E-state index in [1.807, 2.05) is 6.07 Å². The fourth-order valence-electron chi connectivity index (χ4n) is 3.91. The predicted octanol–water partition coefficient (Wildman–Crippen LogP) is 3.95. The summed E-state index contributed by atoms with van der Waals surface area (Å²) in [5.41, 5.74) is 6.56. The molecule has 2 aromatic carbocycles. The van der Waals surface area contributed by atoms with E-state index >= 15 is 0 Å². The van der Waals surface area contributed by atoms with Crippen LogP contribution in [0.5, 0.6) is 0 Å². The molecule has 2 N–H and O–H groups in total. The van der Waals surface area contributed by atoms with E-state index < -0.39 is 0 Å². The Labute approximate surface area is 165 Å². The number of ether oxygens (including phenoxy) is 1. The lowest BCUT2D eigenvalue weighted by atomic mass is 10.0. The van der Waals surface area contributed by atoms with Gasteiger partial charge in [0, 0.05) is 30.1 Å². The number of aryl methyl sites for hydroxylation is 2. The van der Waals surface area contributed by atoms with Gasteiger partial charge in [0.15, 0.2) is 6.23 Å². The highest BCUT2D eigenvalue weighted by atomic mass is 35.5. The van der Waals surface area contributed by atoms with Gasteiger partial charge in [-0.25, -0.2) is 0 Å². The monoisotopic (exact) mass is 384 g/mol. The van der Waals surface area contributed by atoms with Crippen molar-refractivity contribution in [2.45, 2.75) is 38.3 Å². The van der Waals surface area contributed by atoms with Gasteiger partial charge in [0.1, 0.15) is 0 Å². The summed E-state index contributed by atoms with van der Waals surface area (Å²) in [5.74, 6) is 0. The number of rotatable bonds is 8. The van der Waals surface area contributed by atoms with E-state index in [0.29, 0.717) is 12.9 Å². The van der Waals surface area contributed by atoms with E-state index in [4.69, 9.17) is 4.74 Å². The van der Waals surface area contributed by atoms with E-state index in [9.17, 15) is 4.79 Å². The molecule has 0 radical (unpaired) electrons. The van der Waals surface area contributed by atoms with E-state index in [-0.39, 0.29) is 18.6 Å². The maximum atomic E-state index is 10.9. The number of hydrogen-bond donors (Lipinski definition) is 2. The normalized spacial score (nSPS) is 13.8. The molecule has 1 aliphatic carbocycles. The van der Waals surface area contributed by atoms with E-state index in [1.165, 1.54) is 40.5 Å². The molecule has 0 saturated heterocycles. The van der Waals surface area contributed by atoms with Crippen molar-refractivity contribution in [2.24, 2.45) is 0 Å². The largest absolute Gasteiger partial charge is 0.448 e. The van der Waals surface area contributed by atoms with E-state index in [0.717, 1.165) is 24.9 Å². The third-order valence-corrected chi connectivity index (χ3v) is 5.25. The minimum Gasteiger partial charge on any atom is -0.448 e. The van der Waals surface area contributed by atoms with Crippen LogP contribution in [0.1, 0.15) is 28.7 Å². The van der Waals surface area contributed by atoms with Crippen LogP contribution in [0.15, 0.2) is 48.7 Å². The molecule has 4 rings (SSSR count). The van der Waals surface area contributed by atoms with Crippen LogP contribution in [-0.4, -0.2) is 24.2 Å². The molecule has 0 bridgehead atoms. The Morgan fingerprint density at radius 2 is 2.00 bits per heavy atom. The van der Waals surface area contributed by atoms with Crippen molar-refractivity contribution in [1.29, 1.82) is 0 Å². The topological polar surface area (TPSA) is 54.1 Å². The van der Waals surface area contributed by atoms with Crippen LogP contribution in [0.4, 0.5) is 0 Å². The Bertz CT molecular complexity index is 906. The number of hydrogen-bond acceptors (Lipinski definition) is 3. The van der Waals surface area contributed by atoms with Crippen molar-refractivity contribution in [1.82, 2.24) is 10.3 Å². The molecule has 0 saturated carbocycles. The molecule has 1 aromatic heterocycles. The first-order valence-corrected chi connectivity index (χ1v) is 9.31. The quantitative estimate of drug-likeness (QED) is 0.456. The lowest BCUT2D eigenvalue weighted by molar-refractivity contribution is -0.134. The minimum atomic E-state index is -0.294. The maximum Gasteiger partial charge on any atom is 0.294 e. The van der Waals surface area contributed by atoms with Crippen LogP contribution in [0.25, 0.3) is 10.9 Å². The Morgan fingerprint density at radius 3 is 2.89 bits per heavy atom. The van der Waals surface area contributed by atoms with Crippen LogP contribution < -0.4 is 5.32 Å². The first-order chi connectivity index (χ1) is 12.8. The van der Waals surface area contributed by atoms with Gasteiger partial charge in [0.25, 0.3) is 6.47 Å². The van der Waals surface area contributed by atoms with Crippen LogP contribution in [0.3, 0.4) is 0 Å².